The standard InChI is InChI=1S/C22H22N2O3/c1-3-27-18-10-8-16(9-11-18)19-20(22(26)23(2)21(19)25)24-13-12-15-6-4-5-7-17(15)14-24/h4-11H,3,12-14H2,1-2H3. The summed E-state index contributed by atoms with van der Waals surface area (Å²) in [6.07, 6.45) is 0.863. The summed E-state index contributed by atoms with van der Waals surface area (Å²) in [6, 6.07) is 15.6. The number of rotatable bonds is 4. The Morgan fingerprint density at radius 1 is 0.963 bits per heavy atom. The van der Waals surface area contributed by atoms with Crippen molar-refractivity contribution in [2.75, 3.05) is 20.2 Å². The summed E-state index contributed by atoms with van der Waals surface area (Å²) in [5.41, 5.74) is 4.24. The Balaban J connectivity index is 1.74. The molecule has 0 spiro atoms. The van der Waals surface area contributed by atoms with Crippen molar-refractivity contribution in [2.24, 2.45) is 0 Å². The van der Waals surface area contributed by atoms with Gasteiger partial charge in [-0.1, -0.05) is 36.4 Å². The largest absolute Gasteiger partial charge is 0.494 e. The van der Waals surface area contributed by atoms with E-state index in [1.165, 1.54) is 16.0 Å². The number of amides is 2. The van der Waals surface area contributed by atoms with E-state index in [1.54, 1.807) is 7.05 Å². The van der Waals surface area contributed by atoms with Crippen molar-refractivity contribution in [1.29, 1.82) is 0 Å². The number of benzene rings is 2. The third-order valence-electron chi connectivity index (χ3n) is 5.16. The summed E-state index contributed by atoms with van der Waals surface area (Å²) in [6.45, 7) is 3.87. The molecule has 0 aliphatic carbocycles. The van der Waals surface area contributed by atoms with Gasteiger partial charge in [0, 0.05) is 20.1 Å². The molecule has 2 aliphatic heterocycles. The normalized spacial score (nSPS) is 16.8. The average molecular weight is 362 g/mol. The Kier molecular flexibility index (Phi) is 4.44. The van der Waals surface area contributed by atoms with E-state index in [-0.39, 0.29) is 11.8 Å². The van der Waals surface area contributed by atoms with Crippen molar-refractivity contribution in [3.8, 4) is 5.75 Å². The van der Waals surface area contributed by atoms with E-state index in [4.69, 9.17) is 4.74 Å². The molecule has 0 N–H and O–H groups in total. The Morgan fingerprint density at radius 3 is 2.37 bits per heavy atom. The van der Waals surface area contributed by atoms with Crippen molar-refractivity contribution in [2.45, 2.75) is 19.9 Å². The van der Waals surface area contributed by atoms with Gasteiger partial charge in [0.25, 0.3) is 11.8 Å². The number of ether oxygens (including phenoxy) is 1. The molecule has 0 atom stereocenters. The van der Waals surface area contributed by atoms with E-state index in [2.05, 4.69) is 12.1 Å². The minimum Gasteiger partial charge on any atom is -0.494 e. The van der Waals surface area contributed by atoms with Crippen LogP contribution >= 0.6 is 0 Å². The minimum absolute atomic E-state index is 0.233. The van der Waals surface area contributed by atoms with Crippen LogP contribution in [0.1, 0.15) is 23.6 Å². The third-order valence-corrected chi connectivity index (χ3v) is 5.16. The zero-order valence-corrected chi connectivity index (χ0v) is 15.6. The maximum atomic E-state index is 12.9. The monoisotopic (exact) mass is 362 g/mol. The van der Waals surface area contributed by atoms with Crippen molar-refractivity contribution in [1.82, 2.24) is 9.80 Å². The molecule has 4 rings (SSSR count). The Hall–Kier alpha value is -3.08. The number of hydrogen-bond acceptors (Lipinski definition) is 4. The maximum absolute atomic E-state index is 12.9. The van der Waals surface area contributed by atoms with Crippen molar-refractivity contribution < 1.29 is 14.3 Å². The second kappa shape index (κ2) is 6.91. The molecule has 2 aliphatic rings. The Bertz CT molecular complexity index is 931. The lowest BCUT2D eigenvalue weighted by Gasteiger charge is -2.31. The molecule has 0 aromatic heterocycles. The second-order valence-corrected chi connectivity index (χ2v) is 6.79. The summed E-state index contributed by atoms with van der Waals surface area (Å²) in [5, 5.41) is 0. The number of fused-ring (bicyclic) bond motifs is 1. The molecule has 5 heteroatoms. The molecule has 0 saturated carbocycles. The predicted octanol–water partition coefficient (Wildman–Crippen LogP) is 2.85. The van der Waals surface area contributed by atoms with Gasteiger partial charge >= 0.3 is 0 Å². The van der Waals surface area contributed by atoms with E-state index in [1.807, 2.05) is 48.2 Å². The molecule has 0 fully saturated rings. The highest BCUT2D eigenvalue weighted by Gasteiger charge is 2.40. The van der Waals surface area contributed by atoms with Gasteiger partial charge < -0.3 is 9.64 Å². The van der Waals surface area contributed by atoms with Crippen LogP contribution in [-0.2, 0) is 22.6 Å². The summed E-state index contributed by atoms with van der Waals surface area (Å²) >= 11 is 0. The first-order chi connectivity index (χ1) is 13.1. The lowest BCUT2D eigenvalue weighted by Crippen LogP contribution is -2.35. The first-order valence-corrected chi connectivity index (χ1v) is 9.21. The quantitative estimate of drug-likeness (QED) is 0.785. The van der Waals surface area contributed by atoms with Gasteiger partial charge in [0.2, 0.25) is 0 Å². The van der Waals surface area contributed by atoms with Crippen LogP contribution in [0, 0.1) is 0 Å². The number of likely N-dealkylation sites (N-methyl/N-ethyl adjacent to an activating group) is 1. The first kappa shape index (κ1) is 17.3. The van der Waals surface area contributed by atoms with Crippen LogP contribution in [0.25, 0.3) is 5.57 Å². The SMILES string of the molecule is CCOc1ccc(C2=C(N3CCc4ccccc4C3)C(=O)N(C)C2=O)cc1. The number of imide groups is 1. The van der Waals surface area contributed by atoms with Gasteiger partial charge in [-0.15, -0.1) is 0 Å². The molecule has 138 valence electrons. The third kappa shape index (κ3) is 2.99. The maximum Gasteiger partial charge on any atom is 0.277 e. The van der Waals surface area contributed by atoms with E-state index in [0.717, 1.165) is 24.3 Å². The highest BCUT2D eigenvalue weighted by Crippen LogP contribution is 2.34. The summed E-state index contributed by atoms with van der Waals surface area (Å²) in [4.78, 5) is 28.9. The van der Waals surface area contributed by atoms with Crippen LogP contribution < -0.4 is 4.74 Å². The van der Waals surface area contributed by atoms with E-state index in [0.29, 0.717) is 24.4 Å². The van der Waals surface area contributed by atoms with Gasteiger partial charge in [0.1, 0.15) is 11.4 Å². The highest BCUT2D eigenvalue weighted by atomic mass is 16.5. The van der Waals surface area contributed by atoms with Gasteiger partial charge in [-0.2, -0.15) is 0 Å². The lowest BCUT2D eigenvalue weighted by molar-refractivity contribution is -0.136. The zero-order valence-electron chi connectivity index (χ0n) is 15.6. The minimum atomic E-state index is -0.252. The molecule has 2 aromatic rings. The molecule has 0 saturated heterocycles. The number of carbonyl (C=O) groups excluding carboxylic acids is 2. The van der Waals surface area contributed by atoms with Crippen molar-refractivity contribution >= 4 is 17.4 Å². The van der Waals surface area contributed by atoms with Gasteiger partial charge in [-0.3, -0.25) is 14.5 Å². The lowest BCUT2D eigenvalue weighted by atomic mass is 9.98. The highest BCUT2D eigenvalue weighted by molar-refractivity contribution is 6.35. The summed E-state index contributed by atoms with van der Waals surface area (Å²) in [5.74, 6) is 0.265. The van der Waals surface area contributed by atoms with E-state index < -0.39 is 0 Å². The van der Waals surface area contributed by atoms with Gasteiger partial charge in [0.05, 0.1) is 12.2 Å². The molecule has 0 unspecified atom stereocenters. The fourth-order valence-electron chi connectivity index (χ4n) is 3.75. The predicted molar refractivity (Wildman–Crippen MR) is 103 cm³/mol. The molecule has 0 radical (unpaired) electrons. The zero-order chi connectivity index (χ0) is 19.0. The number of nitrogens with zero attached hydrogens (tertiary/aromatic N) is 2. The fourth-order valence-corrected chi connectivity index (χ4v) is 3.75. The average Bonchev–Trinajstić information content (AvgIpc) is 2.92. The Labute approximate surface area is 158 Å². The summed E-state index contributed by atoms with van der Waals surface area (Å²) < 4.78 is 5.49. The van der Waals surface area contributed by atoms with Crippen LogP contribution in [0.5, 0.6) is 5.75 Å². The number of hydrogen-bond donors (Lipinski definition) is 0. The van der Waals surface area contributed by atoms with Gasteiger partial charge in [0.15, 0.2) is 0 Å². The molecular weight excluding hydrogens is 340 g/mol. The van der Waals surface area contributed by atoms with Crippen LogP contribution in [-0.4, -0.2) is 41.8 Å². The molecule has 0 bridgehead atoms. The topological polar surface area (TPSA) is 49.9 Å². The number of carbonyl (C=O) groups is 2. The van der Waals surface area contributed by atoms with Crippen LogP contribution in [0.15, 0.2) is 54.2 Å². The van der Waals surface area contributed by atoms with Crippen LogP contribution in [0.2, 0.25) is 0 Å². The van der Waals surface area contributed by atoms with Gasteiger partial charge in [-0.05, 0) is 42.2 Å². The molecular formula is C22H22N2O3. The van der Waals surface area contributed by atoms with E-state index in [9.17, 15) is 9.59 Å². The van der Waals surface area contributed by atoms with E-state index >= 15 is 0 Å². The second-order valence-electron chi connectivity index (χ2n) is 6.79. The molecule has 2 heterocycles. The fraction of sp³-hybridized carbons (Fsp3) is 0.273. The molecule has 2 amide bonds. The van der Waals surface area contributed by atoms with Gasteiger partial charge in [-0.25, -0.2) is 0 Å². The van der Waals surface area contributed by atoms with Crippen LogP contribution in [0.3, 0.4) is 0 Å². The van der Waals surface area contributed by atoms with Crippen molar-refractivity contribution in [3.63, 3.8) is 0 Å². The smallest absolute Gasteiger partial charge is 0.277 e. The molecule has 27 heavy (non-hydrogen) atoms. The molecule has 5 nitrogen and oxygen atoms in total. The Morgan fingerprint density at radius 2 is 1.67 bits per heavy atom. The van der Waals surface area contributed by atoms with Crippen LogP contribution in [0.4, 0.5) is 0 Å². The summed E-state index contributed by atoms with van der Waals surface area (Å²) in [7, 11) is 1.55. The first-order valence-electron chi connectivity index (χ1n) is 9.21. The van der Waals surface area contributed by atoms with Crippen molar-refractivity contribution in [3.05, 3.63) is 70.9 Å². The molecule has 2 aromatic carbocycles.